The van der Waals surface area contributed by atoms with Crippen molar-refractivity contribution in [2.45, 2.75) is 44.0 Å². The molecular weight excluding hydrogens is 362 g/mol. The van der Waals surface area contributed by atoms with E-state index < -0.39 is 0 Å². The van der Waals surface area contributed by atoms with Gasteiger partial charge in [0.15, 0.2) is 0 Å². The van der Waals surface area contributed by atoms with E-state index in [1.807, 2.05) is 36.9 Å². The molecule has 0 fully saturated rings. The number of thiophene rings is 1. The Morgan fingerprint density at radius 3 is 2.69 bits per heavy atom. The zero-order chi connectivity index (χ0) is 18.5. The first-order valence-electron chi connectivity index (χ1n) is 8.85. The monoisotopic (exact) mass is 385 g/mol. The molecule has 0 spiro atoms. The van der Waals surface area contributed by atoms with Crippen LogP contribution in [0, 0.1) is 0 Å². The second-order valence-corrected chi connectivity index (χ2v) is 8.51. The quantitative estimate of drug-likeness (QED) is 0.434. The van der Waals surface area contributed by atoms with E-state index in [0.717, 1.165) is 27.2 Å². The van der Waals surface area contributed by atoms with E-state index in [1.54, 1.807) is 17.7 Å². The lowest BCUT2D eigenvalue weighted by Gasteiger charge is -2.24. The smallest absolute Gasteiger partial charge is 0.236 e. The number of benzene rings is 1. The molecule has 0 aliphatic heterocycles. The van der Waals surface area contributed by atoms with Crippen molar-refractivity contribution in [3.63, 3.8) is 0 Å². The topological polar surface area (TPSA) is 46.1 Å². The number of aryl methyl sites for hydroxylation is 1. The highest BCUT2D eigenvalue weighted by atomic mass is 32.2. The summed E-state index contributed by atoms with van der Waals surface area (Å²) in [4.78, 5) is 25.9. The minimum absolute atomic E-state index is 0.138. The standard InChI is InChI=1S/C20H23N3OS2/c1-4-16-11-17-18(21-13-22-19(17)26-16)25-14(3)20(24)23(5-2)12-15-9-7-6-8-10-15/h6-11,13-14H,4-5,12H2,1-3H3. The molecule has 2 aromatic heterocycles. The number of amides is 1. The van der Waals surface area contributed by atoms with Gasteiger partial charge in [-0.3, -0.25) is 4.79 Å². The van der Waals surface area contributed by atoms with Gasteiger partial charge in [-0.2, -0.15) is 0 Å². The van der Waals surface area contributed by atoms with E-state index >= 15 is 0 Å². The maximum Gasteiger partial charge on any atom is 0.236 e. The van der Waals surface area contributed by atoms with Gasteiger partial charge in [-0.1, -0.05) is 49.0 Å². The van der Waals surface area contributed by atoms with Crippen molar-refractivity contribution in [1.29, 1.82) is 0 Å². The molecule has 0 saturated heterocycles. The van der Waals surface area contributed by atoms with Crippen LogP contribution >= 0.6 is 23.1 Å². The Bertz CT molecular complexity index is 879. The van der Waals surface area contributed by atoms with E-state index in [9.17, 15) is 4.79 Å². The lowest BCUT2D eigenvalue weighted by molar-refractivity contribution is -0.130. The zero-order valence-electron chi connectivity index (χ0n) is 15.3. The average molecular weight is 386 g/mol. The van der Waals surface area contributed by atoms with Crippen LogP contribution in [0.25, 0.3) is 10.2 Å². The van der Waals surface area contributed by atoms with Crippen molar-refractivity contribution in [3.8, 4) is 0 Å². The molecule has 1 unspecified atom stereocenters. The summed E-state index contributed by atoms with van der Waals surface area (Å²) in [6.45, 7) is 7.45. The maximum atomic E-state index is 12.9. The summed E-state index contributed by atoms with van der Waals surface area (Å²) in [7, 11) is 0. The van der Waals surface area contributed by atoms with Gasteiger partial charge < -0.3 is 4.90 Å². The van der Waals surface area contributed by atoms with Crippen LogP contribution in [0.2, 0.25) is 0 Å². The van der Waals surface area contributed by atoms with Gasteiger partial charge in [-0.05, 0) is 31.9 Å². The lowest BCUT2D eigenvalue weighted by Crippen LogP contribution is -2.36. The van der Waals surface area contributed by atoms with Gasteiger partial charge in [0.1, 0.15) is 16.2 Å². The fourth-order valence-electron chi connectivity index (χ4n) is 2.78. The second kappa shape index (κ2) is 8.64. The number of aromatic nitrogens is 2. The fourth-order valence-corrected chi connectivity index (χ4v) is 4.75. The van der Waals surface area contributed by atoms with E-state index in [1.165, 1.54) is 16.6 Å². The largest absolute Gasteiger partial charge is 0.338 e. The Morgan fingerprint density at radius 1 is 1.23 bits per heavy atom. The van der Waals surface area contributed by atoms with E-state index in [4.69, 9.17) is 0 Å². The van der Waals surface area contributed by atoms with Crippen LogP contribution in [-0.4, -0.2) is 32.6 Å². The molecule has 0 saturated carbocycles. The molecule has 3 aromatic rings. The molecule has 2 heterocycles. The summed E-state index contributed by atoms with van der Waals surface area (Å²) in [5, 5.41) is 1.76. The Labute approximate surface area is 162 Å². The third kappa shape index (κ3) is 4.24. The van der Waals surface area contributed by atoms with Crippen LogP contribution in [0.15, 0.2) is 47.8 Å². The van der Waals surface area contributed by atoms with Crippen molar-refractivity contribution >= 4 is 39.2 Å². The first-order valence-corrected chi connectivity index (χ1v) is 10.5. The number of carbonyl (C=O) groups is 1. The average Bonchev–Trinajstić information content (AvgIpc) is 3.11. The highest BCUT2D eigenvalue weighted by molar-refractivity contribution is 8.00. The van der Waals surface area contributed by atoms with Crippen molar-refractivity contribution in [2.24, 2.45) is 0 Å². The Kier molecular flexibility index (Phi) is 6.27. The van der Waals surface area contributed by atoms with Gasteiger partial charge in [0.25, 0.3) is 0 Å². The molecule has 6 heteroatoms. The van der Waals surface area contributed by atoms with Crippen molar-refractivity contribution in [3.05, 3.63) is 53.2 Å². The molecule has 0 aliphatic carbocycles. The summed E-state index contributed by atoms with van der Waals surface area (Å²) in [5.74, 6) is 0.138. The fraction of sp³-hybridized carbons (Fsp3) is 0.350. The third-order valence-corrected chi connectivity index (χ3v) is 6.53. The number of rotatable bonds is 7. The van der Waals surface area contributed by atoms with E-state index in [-0.39, 0.29) is 11.2 Å². The van der Waals surface area contributed by atoms with Crippen LogP contribution in [-0.2, 0) is 17.8 Å². The summed E-state index contributed by atoms with van der Waals surface area (Å²) in [5.41, 5.74) is 1.15. The van der Waals surface area contributed by atoms with Crippen LogP contribution in [0.3, 0.4) is 0 Å². The Morgan fingerprint density at radius 2 is 2.00 bits per heavy atom. The predicted octanol–water partition coefficient (Wildman–Crippen LogP) is 4.78. The minimum Gasteiger partial charge on any atom is -0.338 e. The molecule has 1 aromatic carbocycles. The van der Waals surface area contributed by atoms with Crippen LogP contribution in [0.5, 0.6) is 0 Å². The minimum atomic E-state index is -0.193. The van der Waals surface area contributed by atoms with Gasteiger partial charge in [0.05, 0.1) is 5.25 Å². The lowest BCUT2D eigenvalue weighted by atomic mass is 10.2. The molecule has 26 heavy (non-hydrogen) atoms. The zero-order valence-corrected chi connectivity index (χ0v) is 16.9. The number of nitrogens with zero attached hydrogens (tertiary/aromatic N) is 3. The molecule has 4 nitrogen and oxygen atoms in total. The number of thioether (sulfide) groups is 1. The van der Waals surface area contributed by atoms with Gasteiger partial charge in [-0.25, -0.2) is 9.97 Å². The van der Waals surface area contributed by atoms with Gasteiger partial charge in [-0.15, -0.1) is 11.3 Å². The Hall–Kier alpha value is -1.92. The number of hydrogen-bond acceptors (Lipinski definition) is 5. The van der Waals surface area contributed by atoms with Crippen LogP contribution in [0.4, 0.5) is 0 Å². The van der Waals surface area contributed by atoms with Gasteiger partial charge in [0.2, 0.25) is 5.91 Å². The number of fused-ring (bicyclic) bond motifs is 1. The van der Waals surface area contributed by atoms with E-state index in [0.29, 0.717) is 13.1 Å². The van der Waals surface area contributed by atoms with Crippen molar-refractivity contribution in [1.82, 2.24) is 14.9 Å². The highest BCUT2D eigenvalue weighted by Crippen LogP contribution is 2.33. The molecule has 0 N–H and O–H groups in total. The maximum absolute atomic E-state index is 12.9. The Balaban J connectivity index is 1.75. The molecular formula is C20H23N3OS2. The van der Waals surface area contributed by atoms with Crippen LogP contribution in [0.1, 0.15) is 31.2 Å². The summed E-state index contributed by atoms with van der Waals surface area (Å²) in [6.07, 6.45) is 2.58. The SMILES string of the molecule is CCc1cc2c(SC(C)C(=O)N(CC)Cc3ccccc3)ncnc2s1. The van der Waals surface area contributed by atoms with Crippen LogP contribution < -0.4 is 0 Å². The molecule has 1 amide bonds. The number of hydrogen-bond donors (Lipinski definition) is 0. The van der Waals surface area contributed by atoms with Crippen molar-refractivity contribution in [2.75, 3.05) is 6.54 Å². The van der Waals surface area contributed by atoms with Gasteiger partial charge >= 0.3 is 0 Å². The van der Waals surface area contributed by atoms with Crippen molar-refractivity contribution < 1.29 is 4.79 Å². The molecule has 0 aliphatic rings. The molecule has 0 bridgehead atoms. The molecule has 1 atom stereocenters. The summed E-state index contributed by atoms with van der Waals surface area (Å²) >= 11 is 3.22. The predicted molar refractivity (Wildman–Crippen MR) is 110 cm³/mol. The first kappa shape index (κ1) is 18.9. The number of carbonyl (C=O) groups excluding carboxylic acids is 1. The molecule has 136 valence electrons. The second-order valence-electron chi connectivity index (χ2n) is 6.06. The molecule has 0 radical (unpaired) electrons. The normalized spacial score (nSPS) is 12.3. The highest BCUT2D eigenvalue weighted by Gasteiger charge is 2.22. The summed E-state index contributed by atoms with van der Waals surface area (Å²) in [6, 6.07) is 12.3. The van der Waals surface area contributed by atoms with E-state index in [2.05, 4.69) is 35.1 Å². The molecule has 3 rings (SSSR count). The third-order valence-electron chi connectivity index (χ3n) is 4.24. The summed E-state index contributed by atoms with van der Waals surface area (Å²) < 4.78 is 0. The van der Waals surface area contributed by atoms with Gasteiger partial charge in [0, 0.05) is 23.4 Å². The first-order chi connectivity index (χ1) is 12.6.